The number of imide groups is 1. The molecular formula is C30H33N3O5. The van der Waals surface area contributed by atoms with E-state index < -0.39 is 11.5 Å². The van der Waals surface area contributed by atoms with Crippen molar-refractivity contribution in [2.75, 3.05) is 7.11 Å². The quantitative estimate of drug-likeness (QED) is 0.337. The first-order valence-electron chi connectivity index (χ1n) is 13.0. The van der Waals surface area contributed by atoms with Crippen molar-refractivity contribution in [2.45, 2.75) is 65.1 Å². The number of nitrogens with zero attached hydrogens (tertiary/aromatic N) is 3. The molecule has 1 saturated carbocycles. The van der Waals surface area contributed by atoms with Gasteiger partial charge < -0.3 is 4.74 Å². The van der Waals surface area contributed by atoms with Gasteiger partial charge in [-0.25, -0.2) is 4.79 Å². The number of fused-ring (bicyclic) bond motifs is 1. The van der Waals surface area contributed by atoms with Gasteiger partial charge >= 0.3 is 5.69 Å². The molecule has 0 bridgehead atoms. The van der Waals surface area contributed by atoms with E-state index in [1.54, 1.807) is 40.5 Å². The van der Waals surface area contributed by atoms with Crippen molar-refractivity contribution in [1.29, 1.82) is 0 Å². The van der Waals surface area contributed by atoms with Crippen LogP contribution < -0.4 is 10.4 Å². The zero-order chi connectivity index (χ0) is 27.2. The second kappa shape index (κ2) is 9.74. The number of likely N-dealkylation sites (tertiary alicyclic amines) is 1. The molecule has 2 fully saturated rings. The van der Waals surface area contributed by atoms with Crippen molar-refractivity contribution in [3.05, 3.63) is 70.2 Å². The lowest BCUT2D eigenvalue weighted by Crippen LogP contribution is -2.47. The van der Waals surface area contributed by atoms with Gasteiger partial charge in [-0.15, -0.1) is 0 Å². The van der Waals surface area contributed by atoms with E-state index in [2.05, 4.69) is 0 Å². The van der Waals surface area contributed by atoms with Crippen LogP contribution in [0.1, 0.15) is 69.7 Å². The topological polar surface area (TPSA) is 90.6 Å². The molecule has 0 radical (unpaired) electrons. The largest absolute Gasteiger partial charge is 0.497 e. The van der Waals surface area contributed by atoms with E-state index >= 15 is 0 Å². The number of amides is 2. The highest BCUT2D eigenvalue weighted by atomic mass is 16.5. The molecule has 1 aliphatic carbocycles. The number of rotatable bonds is 7. The lowest BCUT2D eigenvalue weighted by molar-refractivity contribution is -0.151. The predicted octanol–water partition coefficient (Wildman–Crippen LogP) is 4.67. The molecule has 2 heterocycles. The number of imidazole rings is 1. The number of piperidine rings is 1. The van der Waals surface area contributed by atoms with Crippen LogP contribution in [0.2, 0.25) is 0 Å². The highest BCUT2D eigenvalue weighted by Crippen LogP contribution is 2.38. The number of ketones is 1. The van der Waals surface area contributed by atoms with Crippen molar-refractivity contribution in [2.24, 2.45) is 5.41 Å². The zero-order valence-electron chi connectivity index (χ0n) is 22.3. The SMILES string of the molecule is COc1ccc(CN2C(=O)CCC(n3c(=O)n(C4CC4)c4cc(/C=C/C(=O)C(C)(C)C)ccc43)C2=O)cc1. The Bertz CT molecular complexity index is 1500. The van der Waals surface area contributed by atoms with Gasteiger partial charge in [-0.05, 0) is 60.7 Å². The van der Waals surface area contributed by atoms with E-state index in [-0.39, 0.29) is 48.7 Å². The zero-order valence-corrected chi connectivity index (χ0v) is 22.3. The second-order valence-corrected chi connectivity index (χ2v) is 11.2. The number of methoxy groups -OCH3 is 1. The number of carbonyl (C=O) groups is 3. The standard InChI is InChI=1S/C30H33N3O5/c1-30(2,3)26(34)15-8-19-7-13-23-25(17-19)32(21-9-10-21)29(37)33(23)24-14-16-27(35)31(28(24)36)18-20-5-11-22(38-4)12-6-20/h5-8,11-13,15,17,21,24H,9-10,14,16,18H2,1-4H3/b15-8+. The summed E-state index contributed by atoms with van der Waals surface area (Å²) in [6, 6.07) is 12.2. The van der Waals surface area contributed by atoms with Crippen LogP contribution in [0.4, 0.5) is 0 Å². The fraction of sp³-hybridized carbons (Fsp3) is 0.400. The number of carbonyl (C=O) groups excluding carboxylic acids is 3. The summed E-state index contributed by atoms with van der Waals surface area (Å²) in [6.07, 6.45) is 5.62. The molecule has 8 nitrogen and oxygen atoms in total. The summed E-state index contributed by atoms with van der Waals surface area (Å²) in [5.41, 5.74) is 2.32. The third-order valence-corrected chi connectivity index (χ3v) is 7.30. The van der Waals surface area contributed by atoms with Crippen molar-refractivity contribution >= 4 is 34.7 Å². The number of benzene rings is 2. The van der Waals surface area contributed by atoms with Crippen LogP contribution in [0.3, 0.4) is 0 Å². The molecule has 2 aliphatic rings. The average Bonchev–Trinajstić information content (AvgIpc) is 3.68. The Morgan fingerprint density at radius 1 is 0.974 bits per heavy atom. The third kappa shape index (κ3) is 4.83. The van der Waals surface area contributed by atoms with Crippen molar-refractivity contribution < 1.29 is 19.1 Å². The number of hydrogen-bond acceptors (Lipinski definition) is 5. The average molecular weight is 516 g/mol. The molecule has 38 heavy (non-hydrogen) atoms. The molecule has 198 valence electrons. The molecule has 1 aliphatic heterocycles. The minimum atomic E-state index is -0.759. The van der Waals surface area contributed by atoms with E-state index in [0.717, 1.165) is 29.5 Å². The molecule has 3 aromatic rings. The van der Waals surface area contributed by atoms with Gasteiger partial charge in [-0.2, -0.15) is 0 Å². The van der Waals surface area contributed by atoms with Crippen LogP contribution in [0.15, 0.2) is 53.3 Å². The van der Waals surface area contributed by atoms with Crippen LogP contribution >= 0.6 is 0 Å². The van der Waals surface area contributed by atoms with E-state index in [0.29, 0.717) is 11.3 Å². The van der Waals surface area contributed by atoms with Gasteiger partial charge in [0, 0.05) is 17.9 Å². The fourth-order valence-electron chi connectivity index (χ4n) is 4.91. The van der Waals surface area contributed by atoms with Crippen LogP contribution in [0.5, 0.6) is 5.75 Å². The first-order chi connectivity index (χ1) is 18.1. The van der Waals surface area contributed by atoms with Gasteiger partial charge in [-0.3, -0.25) is 28.4 Å². The first kappa shape index (κ1) is 25.7. The van der Waals surface area contributed by atoms with Gasteiger partial charge in [0.25, 0.3) is 5.91 Å². The lowest BCUT2D eigenvalue weighted by atomic mass is 9.90. The van der Waals surface area contributed by atoms with Crippen LogP contribution in [0.25, 0.3) is 17.1 Å². The number of hydrogen-bond donors (Lipinski definition) is 0. The first-order valence-corrected chi connectivity index (χ1v) is 13.0. The number of ether oxygens (including phenoxy) is 1. The summed E-state index contributed by atoms with van der Waals surface area (Å²) >= 11 is 0. The summed E-state index contributed by atoms with van der Waals surface area (Å²) in [5.74, 6) is 0.106. The molecule has 1 unspecified atom stereocenters. The van der Waals surface area contributed by atoms with Crippen molar-refractivity contribution in [1.82, 2.24) is 14.0 Å². The van der Waals surface area contributed by atoms with Gasteiger partial charge in [0.1, 0.15) is 11.8 Å². The lowest BCUT2D eigenvalue weighted by Gasteiger charge is -2.31. The molecule has 2 aromatic carbocycles. The Balaban J connectivity index is 1.50. The molecule has 2 amide bonds. The van der Waals surface area contributed by atoms with E-state index in [1.807, 2.05) is 51.1 Å². The van der Waals surface area contributed by atoms with E-state index in [4.69, 9.17) is 4.74 Å². The Kier molecular flexibility index (Phi) is 6.59. The molecule has 1 aromatic heterocycles. The molecule has 0 N–H and O–H groups in total. The highest BCUT2D eigenvalue weighted by Gasteiger charge is 2.39. The van der Waals surface area contributed by atoms with Crippen molar-refractivity contribution in [3.63, 3.8) is 0 Å². The minimum absolute atomic E-state index is 0.0178. The second-order valence-electron chi connectivity index (χ2n) is 11.2. The van der Waals surface area contributed by atoms with Gasteiger partial charge in [0.05, 0.1) is 24.7 Å². The van der Waals surface area contributed by atoms with Gasteiger partial charge in [-0.1, -0.05) is 45.0 Å². The molecule has 0 spiro atoms. The Morgan fingerprint density at radius 3 is 2.32 bits per heavy atom. The van der Waals surface area contributed by atoms with Gasteiger partial charge in [0.2, 0.25) is 5.91 Å². The highest BCUT2D eigenvalue weighted by molar-refractivity contribution is 6.00. The smallest absolute Gasteiger partial charge is 0.330 e. The van der Waals surface area contributed by atoms with E-state index in [1.165, 1.54) is 4.90 Å². The Labute approximate surface area is 221 Å². The monoisotopic (exact) mass is 515 g/mol. The van der Waals surface area contributed by atoms with Crippen molar-refractivity contribution in [3.8, 4) is 5.75 Å². The fourth-order valence-corrected chi connectivity index (χ4v) is 4.91. The molecular weight excluding hydrogens is 482 g/mol. The molecule has 1 atom stereocenters. The predicted molar refractivity (Wildman–Crippen MR) is 145 cm³/mol. The summed E-state index contributed by atoms with van der Waals surface area (Å²) in [7, 11) is 1.58. The Morgan fingerprint density at radius 2 is 1.68 bits per heavy atom. The maximum atomic E-state index is 13.7. The molecule has 8 heteroatoms. The van der Waals surface area contributed by atoms with Crippen LogP contribution in [-0.4, -0.2) is 38.7 Å². The third-order valence-electron chi connectivity index (χ3n) is 7.30. The maximum Gasteiger partial charge on any atom is 0.330 e. The summed E-state index contributed by atoms with van der Waals surface area (Å²) in [4.78, 5) is 53.8. The summed E-state index contributed by atoms with van der Waals surface area (Å²) in [6.45, 7) is 5.76. The summed E-state index contributed by atoms with van der Waals surface area (Å²) < 4.78 is 8.54. The Hall–Kier alpha value is -3.94. The van der Waals surface area contributed by atoms with Crippen LogP contribution in [0, 0.1) is 5.41 Å². The van der Waals surface area contributed by atoms with Gasteiger partial charge in [0.15, 0.2) is 5.78 Å². The summed E-state index contributed by atoms with van der Waals surface area (Å²) in [5, 5.41) is 0. The molecule has 1 saturated heterocycles. The maximum absolute atomic E-state index is 13.7. The number of allylic oxidation sites excluding steroid dienone is 1. The molecule has 5 rings (SSSR count). The normalized spacial score (nSPS) is 18.5. The number of aromatic nitrogens is 2. The minimum Gasteiger partial charge on any atom is -0.497 e. The van der Waals surface area contributed by atoms with Crippen LogP contribution in [-0.2, 0) is 20.9 Å². The van der Waals surface area contributed by atoms with E-state index in [9.17, 15) is 19.2 Å².